The predicted octanol–water partition coefficient (Wildman–Crippen LogP) is 3.95. The Balaban J connectivity index is 2.67. The molecule has 0 amide bonds. The van der Waals surface area contributed by atoms with Crippen molar-refractivity contribution in [3.63, 3.8) is 0 Å². The van der Waals surface area contributed by atoms with Crippen LogP contribution >= 0.6 is 0 Å². The molecule has 96 valence electrons. The van der Waals surface area contributed by atoms with Gasteiger partial charge in [0, 0.05) is 12.6 Å². The van der Waals surface area contributed by atoms with Gasteiger partial charge in [0.05, 0.1) is 0 Å². The molecule has 1 atom stereocenters. The van der Waals surface area contributed by atoms with Gasteiger partial charge in [0.1, 0.15) is 0 Å². The topological polar surface area (TPSA) is 12.0 Å². The number of rotatable bonds is 6. The molecular weight excluding hydrogens is 206 g/mol. The molecule has 0 spiro atoms. The van der Waals surface area contributed by atoms with Crippen molar-refractivity contribution in [2.75, 3.05) is 6.54 Å². The van der Waals surface area contributed by atoms with E-state index < -0.39 is 0 Å². The molecule has 0 heterocycles. The summed E-state index contributed by atoms with van der Waals surface area (Å²) in [5, 5.41) is 3.57. The Bertz CT molecular complexity index is 343. The van der Waals surface area contributed by atoms with Crippen molar-refractivity contribution < 1.29 is 0 Å². The molecule has 0 aliphatic heterocycles. The Morgan fingerprint density at radius 3 is 2.53 bits per heavy atom. The average molecular weight is 233 g/mol. The number of benzene rings is 1. The van der Waals surface area contributed by atoms with E-state index in [9.17, 15) is 0 Å². The van der Waals surface area contributed by atoms with Crippen molar-refractivity contribution in [2.24, 2.45) is 5.41 Å². The Hall–Kier alpha value is -0.820. The fourth-order valence-electron chi connectivity index (χ4n) is 2.08. The Labute approximate surface area is 107 Å². The van der Waals surface area contributed by atoms with Gasteiger partial charge in [-0.25, -0.2) is 0 Å². The summed E-state index contributed by atoms with van der Waals surface area (Å²) in [6, 6.07) is 9.45. The standard InChI is InChI=1S/C16H27N/c1-6-16(5,12-17-13(2)3)11-15-9-7-8-14(4)10-15/h7-10,13,17H,6,11-12H2,1-5H3. The van der Waals surface area contributed by atoms with Crippen LogP contribution < -0.4 is 5.32 Å². The van der Waals surface area contributed by atoms with Crippen LogP contribution in [-0.2, 0) is 6.42 Å². The highest BCUT2D eigenvalue weighted by Gasteiger charge is 2.22. The van der Waals surface area contributed by atoms with Gasteiger partial charge in [0.25, 0.3) is 0 Å². The van der Waals surface area contributed by atoms with Crippen molar-refractivity contribution in [1.82, 2.24) is 5.32 Å². The summed E-state index contributed by atoms with van der Waals surface area (Å²) in [4.78, 5) is 0. The molecule has 0 aromatic heterocycles. The second-order valence-electron chi connectivity index (χ2n) is 5.87. The summed E-state index contributed by atoms with van der Waals surface area (Å²) in [5.74, 6) is 0. The van der Waals surface area contributed by atoms with Gasteiger partial charge in [-0.2, -0.15) is 0 Å². The monoisotopic (exact) mass is 233 g/mol. The van der Waals surface area contributed by atoms with Crippen LogP contribution in [0.3, 0.4) is 0 Å². The molecule has 0 fully saturated rings. The van der Waals surface area contributed by atoms with Crippen LogP contribution in [0.5, 0.6) is 0 Å². The Morgan fingerprint density at radius 2 is 2.00 bits per heavy atom. The second kappa shape index (κ2) is 6.20. The van der Waals surface area contributed by atoms with Gasteiger partial charge >= 0.3 is 0 Å². The summed E-state index contributed by atoms with van der Waals surface area (Å²) < 4.78 is 0. The molecular formula is C16H27N. The highest BCUT2D eigenvalue weighted by atomic mass is 14.9. The molecule has 0 bridgehead atoms. The van der Waals surface area contributed by atoms with Crippen LogP contribution in [0.15, 0.2) is 24.3 Å². The number of hydrogen-bond acceptors (Lipinski definition) is 1. The summed E-state index contributed by atoms with van der Waals surface area (Å²) in [5.41, 5.74) is 3.18. The van der Waals surface area contributed by atoms with Gasteiger partial charge in [-0.1, -0.05) is 57.5 Å². The molecule has 1 heteroatoms. The van der Waals surface area contributed by atoms with Crippen LogP contribution in [0, 0.1) is 12.3 Å². The third-order valence-corrected chi connectivity index (χ3v) is 3.50. The van der Waals surface area contributed by atoms with E-state index in [0.29, 0.717) is 11.5 Å². The zero-order chi connectivity index (χ0) is 12.9. The lowest BCUT2D eigenvalue weighted by Crippen LogP contribution is -2.36. The van der Waals surface area contributed by atoms with E-state index in [2.05, 4.69) is 64.2 Å². The molecule has 0 saturated carbocycles. The van der Waals surface area contributed by atoms with E-state index in [1.165, 1.54) is 17.5 Å². The van der Waals surface area contributed by atoms with Crippen molar-refractivity contribution in [3.05, 3.63) is 35.4 Å². The number of nitrogens with one attached hydrogen (secondary N) is 1. The fourth-order valence-corrected chi connectivity index (χ4v) is 2.08. The van der Waals surface area contributed by atoms with Gasteiger partial charge in [-0.3, -0.25) is 0 Å². The molecule has 1 aromatic carbocycles. The summed E-state index contributed by atoms with van der Waals surface area (Å²) in [7, 11) is 0. The minimum atomic E-state index is 0.359. The van der Waals surface area contributed by atoms with Crippen LogP contribution in [0.4, 0.5) is 0 Å². The molecule has 1 rings (SSSR count). The fraction of sp³-hybridized carbons (Fsp3) is 0.625. The molecule has 1 nitrogen and oxygen atoms in total. The maximum absolute atomic E-state index is 3.57. The minimum absolute atomic E-state index is 0.359. The predicted molar refractivity (Wildman–Crippen MR) is 76.4 cm³/mol. The van der Waals surface area contributed by atoms with Crippen molar-refractivity contribution in [3.8, 4) is 0 Å². The largest absolute Gasteiger partial charge is 0.314 e. The SMILES string of the molecule is CCC(C)(CNC(C)C)Cc1cccc(C)c1. The van der Waals surface area contributed by atoms with Gasteiger partial charge in [-0.15, -0.1) is 0 Å². The van der Waals surface area contributed by atoms with Crippen molar-refractivity contribution in [2.45, 2.75) is 53.5 Å². The van der Waals surface area contributed by atoms with E-state index in [1.54, 1.807) is 0 Å². The first-order chi connectivity index (χ1) is 7.95. The zero-order valence-corrected chi connectivity index (χ0v) is 12.0. The lowest BCUT2D eigenvalue weighted by Gasteiger charge is -2.30. The summed E-state index contributed by atoms with van der Waals surface area (Å²) in [6.07, 6.45) is 2.37. The molecule has 1 aromatic rings. The Kier molecular flexibility index (Phi) is 5.20. The molecule has 0 aliphatic rings. The van der Waals surface area contributed by atoms with E-state index in [0.717, 1.165) is 13.0 Å². The average Bonchev–Trinajstić information content (AvgIpc) is 2.26. The second-order valence-corrected chi connectivity index (χ2v) is 5.87. The van der Waals surface area contributed by atoms with Crippen LogP contribution in [0.25, 0.3) is 0 Å². The van der Waals surface area contributed by atoms with E-state index in [4.69, 9.17) is 0 Å². The minimum Gasteiger partial charge on any atom is -0.314 e. The molecule has 1 unspecified atom stereocenters. The molecule has 17 heavy (non-hydrogen) atoms. The maximum atomic E-state index is 3.57. The summed E-state index contributed by atoms with van der Waals surface area (Å²) >= 11 is 0. The smallest absolute Gasteiger partial charge is 0.00106 e. The molecule has 0 radical (unpaired) electrons. The van der Waals surface area contributed by atoms with Gasteiger partial charge in [0.2, 0.25) is 0 Å². The van der Waals surface area contributed by atoms with E-state index >= 15 is 0 Å². The first-order valence-electron chi connectivity index (χ1n) is 6.74. The van der Waals surface area contributed by atoms with Crippen LogP contribution in [-0.4, -0.2) is 12.6 Å². The van der Waals surface area contributed by atoms with Crippen molar-refractivity contribution >= 4 is 0 Å². The quantitative estimate of drug-likeness (QED) is 0.784. The first-order valence-corrected chi connectivity index (χ1v) is 6.74. The normalized spacial score (nSPS) is 14.9. The molecule has 0 aliphatic carbocycles. The molecule has 0 saturated heterocycles. The van der Waals surface area contributed by atoms with Crippen molar-refractivity contribution in [1.29, 1.82) is 0 Å². The lowest BCUT2D eigenvalue weighted by molar-refractivity contribution is 0.281. The molecule has 1 N–H and O–H groups in total. The number of aryl methyl sites for hydroxylation is 1. The Morgan fingerprint density at radius 1 is 1.29 bits per heavy atom. The highest BCUT2D eigenvalue weighted by molar-refractivity contribution is 5.23. The van der Waals surface area contributed by atoms with Gasteiger partial charge < -0.3 is 5.32 Å². The van der Waals surface area contributed by atoms with Gasteiger partial charge in [0.15, 0.2) is 0 Å². The maximum Gasteiger partial charge on any atom is 0.00106 e. The van der Waals surface area contributed by atoms with E-state index in [-0.39, 0.29) is 0 Å². The summed E-state index contributed by atoms with van der Waals surface area (Å²) in [6.45, 7) is 12.3. The third kappa shape index (κ3) is 4.91. The zero-order valence-electron chi connectivity index (χ0n) is 12.0. The van der Waals surface area contributed by atoms with Gasteiger partial charge in [-0.05, 0) is 30.7 Å². The van der Waals surface area contributed by atoms with E-state index in [1.807, 2.05) is 0 Å². The third-order valence-electron chi connectivity index (χ3n) is 3.50. The highest BCUT2D eigenvalue weighted by Crippen LogP contribution is 2.26. The first kappa shape index (κ1) is 14.2. The van der Waals surface area contributed by atoms with Crippen LogP contribution in [0.2, 0.25) is 0 Å². The lowest BCUT2D eigenvalue weighted by atomic mass is 9.80. The number of hydrogen-bond donors (Lipinski definition) is 1. The van der Waals surface area contributed by atoms with Crippen LogP contribution in [0.1, 0.15) is 45.2 Å².